The molecule has 1 atom stereocenters. The highest BCUT2D eigenvalue weighted by Crippen LogP contribution is 2.50. The van der Waals surface area contributed by atoms with Crippen molar-refractivity contribution in [1.82, 2.24) is 9.91 Å². The van der Waals surface area contributed by atoms with Gasteiger partial charge in [-0.2, -0.15) is 5.10 Å². The van der Waals surface area contributed by atoms with Gasteiger partial charge in [-0.25, -0.2) is 5.01 Å². The molecule has 3 aliphatic rings. The molecule has 3 aliphatic heterocycles. The van der Waals surface area contributed by atoms with E-state index in [-0.39, 0.29) is 11.8 Å². The summed E-state index contributed by atoms with van der Waals surface area (Å²) in [5.74, 6) is 0.989. The molecule has 0 N–H and O–H groups in total. The van der Waals surface area contributed by atoms with Gasteiger partial charge >= 0.3 is 0 Å². The van der Waals surface area contributed by atoms with E-state index in [1.165, 1.54) is 5.56 Å². The molecule has 0 unspecified atom stereocenters. The van der Waals surface area contributed by atoms with Gasteiger partial charge in [0.15, 0.2) is 0 Å². The number of hydrogen-bond donors (Lipinski definition) is 0. The molecule has 1 spiro atoms. The minimum Gasteiger partial charge on any atom is -0.466 e. The lowest BCUT2D eigenvalue weighted by Gasteiger charge is -2.51. The Bertz CT molecular complexity index is 968. The Balaban J connectivity index is 1.56. The number of ether oxygens (including phenoxy) is 1. The number of fused-ring (bicyclic) bond motifs is 4. The zero-order valence-corrected chi connectivity index (χ0v) is 19.1. The van der Waals surface area contributed by atoms with Gasteiger partial charge in [0.25, 0.3) is 0 Å². The van der Waals surface area contributed by atoms with Gasteiger partial charge in [0.05, 0.1) is 11.8 Å². The molecular weight excluding hydrogens is 450 g/mol. The molecule has 5 rings (SSSR count). The van der Waals surface area contributed by atoms with Gasteiger partial charge in [-0.3, -0.25) is 0 Å². The van der Waals surface area contributed by atoms with Gasteiger partial charge in [0.2, 0.25) is 5.72 Å². The van der Waals surface area contributed by atoms with Crippen LogP contribution in [0.3, 0.4) is 0 Å². The fourth-order valence-corrected chi connectivity index (χ4v) is 5.45. The number of hydrazone groups is 1. The Morgan fingerprint density at radius 3 is 2.66 bits per heavy atom. The summed E-state index contributed by atoms with van der Waals surface area (Å²) in [6.45, 7) is 6.56. The predicted molar refractivity (Wildman–Crippen MR) is 121 cm³/mol. The molecular formula is C23H25BrClN3O. The summed E-state index contributed by atoms with van der Waals surface area (Å²) in [4.78, 5) is 2.52. The molecule has 1 fully saturated rings. The van der Waals surface area contributed by atoms with Crippen molar-refractivity contribution in [3.8, 4) is 5.75 Å². The molecule has 0 amide bonds. The standard InChI is InChI=1S/C23H25BrClN3O/c1-15(2)27-11-9-23(10-12-27)28-21(18-13-16(24)7-8-22(18)29-23)14-20(26-28)17-5-3-4-6-19(17)25/h3-8,13,15,21H,9-12,14H2,1-2H3/t21-/m0/s1. The van der Waals surface area contributed by atoms with Crippen molar-refractivity contribution in [2.24, 2.45) is 5.10 Å². The summed E-state index contributed by atoms with van der Waals surface area (Å²) in [6, 6.07) is 15.1. The van der Waals surface area contributed by atoms with Crippen LogP contribution in [-0.2, 0) is 0 Å². The smallest absolute Gasteiger partial charge is 0.200 e. The van der Waals surface area contributed by atoms with Crippen LogP contribution in [0.25, 0.3) is 0 Å². The Kier molecular flexibility index (Phi) is 4.88. The highest BCUT2D eigenvalue weighted by atomic mass is 79.9. The van der Waals surface area contributed by atoms with E-state index in [2.05, 4.69) is 64.0 Å². The summed E-state index contributed by atoms with van der Waals surface area (Å²) in [6.07, 6.45) is 2.72. The minimum atomic E-state index is -0.389. The highest BCUT2D eigenvalue weighted by Gasteiger charge is 2.52. The van der Waals surface area contributed by atoms with E-state index < -0.39 is 0 Å². The average Bonchev–Trinajstić information content (AvgIpc) is 3.16. The third-order valence-electron chi connectivity index (χ3n) is 6.45. The molecule has 152 valence electrons. The van der Waals surface area contributed by atoms with Gasteiger partial charge < -0.3 is 9.64 Å². The number of halogens is 2. The third kappa shape index (κ3) is 3.28. The van der Waals surface area contributed by atoms with Crippen LogP contribution in [0.4, 0.5) is 0 Å². The van der Waals surface area contributed by atoms with Crippen LogP contribution < -0.4 is 4.74 Å². The first-order chi connectivity index (χ1) is 14.0. The molecule has 0 aliphatic carbocycles. The van der Waals surface area contributed by atoms with Crippen LogP contribution in [0.15, 0.2) is 52.0 Å². The second-order valence-electron chi connectivity index (χ2n) is 8.45. The summed E-state index contributed by atoms with van der Waals surface area (Å²) in [5.41, 5.74) is 2.87. The molecule has 0 aromatic heterocycles. The number of nitrogens with zero attached hydrogens (tertiary/aromatic N) is 3. The van der Waals surface area contributed by atoms with Crippen LogP contribution >= 0.6 is 27.5 Å². The van der Waals surface area contributed by atoms with Gasteiger partial charge in [0.1, 0.15) is 5.75 Å². The molecule has 0 bridgehead atoms. The maximum absolute atomic E-state index is 6.71. The topological polar surface area (TPSA) is 28.1 Å². The molecule has 29 heavy (non-hydrogen) atoms. The predicted octanol–water partition coefficient (Wildman–Crippen LogP) is 5.85. The van der Waals surface area contributed by atoms with Crippen molar-refractivity contribution < 1.29 is 4.74 Å². The largest absolute Gasteiger partial charge is 0.466 e. The summed E-state index contributed by atoms with van der Waals surface area (Å²) < 4.78 is 7.78. The molecule has 0 radical (unpaired) electrons. The lowest BCUT2D eigenvalue weighted by atomic mass is 9.90. The van der Waals surface area contributed by atoms with Crippen LogP contribution in [0, 0.1) is 0 Å². The Morgan fingerprint density at radius 2 is 1.93 bits per heavy atom. The fraction of sp³-hybridized carbons (Fsp3) is 0.435. The molecule has 2 aromatic rings. The first-order valence-corrected chi connectivity index (χ1v) is 11.5. The first-order valence-electron chi connectivity index (χ1n) is 10.3. The Hall–Kier alpha value is -1.56. The third-order valence-corrected chi connectivity index (χ3v) is 7.28. The molecule has 3 heterocycles. The quantitative estimate of drug-likeness (QED) is 0.547. The number of benzene rings is 2. The van der Waals surface area contributed by atoms with Crippen molar-refractivity contribution in [3.63, 3.8) is 0 Å². The van der Waals surface area contributed by atoms with E-state index in [4.69, 9.17) is 21.4 Å². The van der Waals surface area contributed by atoms with E-state index in [0.717, 1.165) is 58.9 Å². The fourth-order valence-electron chi connectivity index (χ4n) is 4.83. The summed E-state index contributed by atoms with van der Waals surface area (Å²) in [5, 5.41) is 8.13. The maximum Gasteiger partial charge on any atom is 0.200 e. The lowest BCUT2D eigenvalue weighted by molar-refractivity contribution is -0.152. The maximum atomic E-state index is 6.71. The van der Waals surface area contributed by atoms with Crippen LogP contribution in [0.1, 0.15) is 50.3 Å². The van der Waals surface area contributed by atoms with Crippen LogP contribution in [0.5, 0.6) is 5.75 Å². The Labute approximate surface area is 185 Å². The van der Waals surface area contributed by atoms with Crippen LogP contribution in [-0.4, -0.2) is 40.5 Å². The number of rotatable bonds is 2. The van der Waals surface area contributed by atoms with Gasteiger partial charge in [-0.15, -0.1) is 0 Å². The molecule has 6 heteroatoms. The zero-order valence-electron chi connectivity index (χ0n) is 16.7. The first kappa shape index (κ1) is 19.4. The van der Waals surface area contributed by atoms with Crippen molar-refractivity contribution in [2.75, 3.05) is 13.1 Å². The number of piperidine rings is 1. The van der Waals surface area contributed by atoms with E-state index >= 15 is 0 Å². The van der Waals surface area contributed by atoms with E-state index in [1.54, 1.807) is 0 Å². The second kappa shape index (κ2) is 7.29. The minimum absolute atomic E-state index is 0.174. The summed E-state index contributed by atoms with van der Waals surface area (Å²) in [7, 11) is 0. The molecule has 4 nitrogen and oxygen atoms in total. The zero-order chi connectivity index (χ0) is 20.2. The van der Waals surface area contributed by atoms with Crippen LogP contribution in [0.2, 0.25) is 5.02 Å². The lowest BCUT2D eigenvalue weighted by Crippen LogP contribution is -2.59. The van der Waals surface area contributed by atoms with E-state index in [1.807, 2.05) is 18.2 Å². The molecule has 2 aromatic carbocycles. The van der Waals surface area contributed by atoms with Gasteiger partial charge in [-0.05, 0) is 38.1 Å². The van der Waals surface area contributed by atoms with Crippen molar-refractivity contribution in [1.29, 1.82) is 0 Å². The van der Waals surface area contributed by atoms with Crippen molar-refractivity contribution in [3.05, 3.63) is 63.1 Å². The number of hydrogen-bond acceptors (Lipinski definition) is 4. The SMILES string of the molecule is CC(C)N1CCC2(CC1)Oc1ccc(Br)cc1[C@@H]1CC(c3ccccc3Cl)=NN12. The monoisotopic (exact) mass is 473 g/mol. The molecule has 0 saturated carbocycles. The van der Waals surface area contributed by atoms with Gasteiger partial charge in [0, 0.05) is 59.0 Å². The highest BCUT2D eigenvalue weighted by molar-refractivity contribution is 9.10. The van der Waals surface area contributed by atoms with E-state index in [0.29, 0.717) is 6.04 Å². The second-order valence-corrected chi connectivity index (χ2v) is 9.77. The number of likely N-dealkylation sites (tertiary alicyclic amines) is 1. The normalized spacial score (nSPS) is 23.0. The summed E-state index contributed by atoms with van der Waals surface area (Å²) >= 11 is 10.1. The van der Waals surface area contributed by atoms with Gasteiger partial charge in [-0.1, -0.05) is 45.7 Å². The average molecular weight is 475 g/mol. The Morgan fingerprint density at radius 1 is 1.17 bits per heavy atom. The molecule has 1 saturated heterocycles. The van der Waals surface area contributed by atoms with E-state index in [9.17, 15) is 0 Å². The van der Waals surface area contributed by atoms with Crippen molar-refractivity contribution >= 4 is 33.2 Å². The van der Waals surface area contributed by atoms with Crippen molar-refractivity contribution in [2.45, 2.75) is 50.9 Å².